The molecule has 7 rings (SSSR count). The summed E-state index contributed by atoms with van der Waals surface area (Å²) >= 11 is 0. The number of ether oxygens (including phenoxy) is 2. The van der Waals surface area contributed by atoms with Crippen molar-refractivity contribution in [1.82, 2.24) is 0 Å². The molecule has 10 N–H and O–H groups in total. The molecule has 352 valence electrons. The number of phenols is 2. The molecule has 0 saturated heterocycles. The number of nitrogens with two attached hydrogens (primary N) is 4. The Kier molecular flexibility index (Phi) is 12.7. The van der Waals surface area contributed by atoms with Gasteiger partial charge in [0.1, 0.15) is 29.6 Å². The van der Waals surface area contributed by atoms with Crippen molar-refractivity contribution in [1.29, 1.82) is 0 Å². The predicted molar refractivity (Wildman–Crippen MR) is 275 cm³/mol. The fourth-order valence-electron chi connectivity index (χ4n) is 8.89. The second kappa shape index (κ2) is 17.6. The van der Waals surface area contributed by atoms with Crippen molar-refractivity contribution in [3.05, 3.63) is 163 Å². The zero-order valence-corrected chi connectivity index (χ0v) is 41.5. The zero-order chi connectivity index (χ0) is 49.1. The number of fused-ring (bicyclic) bond motifs is 8. The Balaban J connectivity index is 1.57. The smallest absolute Gasteiger partial charge is 0.343 e. The van der Waals surface area contributed by atoms with Crippen molar-refractivity contribution in [2.75, 3.05) is 22.9 Å². The summed E-state index contributed by atoms with van der Waals surface area (Å²) in [5.41, 5.74) is 36.7. The normalized spacial score (nSPS) is 13.3. The molecule has 1 aliphatic rings. The van der Waals surface area contributed by atoms with E-state index in [1.54, 1.807) is 24.3 Å². The minimum absolute atomic E-state index is 0.152. The highest BCUT2D eigenvalue weighted by Crippen LogP contribution is 2.44. The van der Waals surface area contributed by atoms with Gasteiger partial charge in [-0.2, -0.15) is 0 Å². The van der Waals surface area contributed by atoms with Crippen molar-refractivity contribution in [3.8, 4) is 23.0 Å². The molecule has 0 radical (unpaired) electrons. The van der Waals surface area contributed by atoms with Crippen LogP contribution in [0.2, 0.25) is 0 Å². The van der Waals surface area contributed by atoms with Crippen LogP contribution >= 0.6 is 0 Å². The Labute approximate surface area is 397 Å². The molecule has 0 unspecified atom stereocenters. The first kappa shape index (κ1) is 48.3. The second-order valence-electron chi connectivity index (χ2n) is 22.8. The van der Waals surface area contributed by atoms with Crippen LogP contribution in [-0.2, 0) is 54.0 Å². The molecule has 0 spiro atoms. The van der Waals surface area contributed by atoms with E-state index < -0.39 is 5.97 Å². The second-order valence-corrected chi connectivity index (χ2v) is 22.8. The van der Waals surface area contributed by atoms with Crippen LogP contribution in [0.1, 0.15) is 166 Å². The van der Waals surface area contributed by atoms with Crippen LogP contribution in [0.15, 0.2) is 84.9 Å². The van der Waals surface area contributed by atoms with Gasteiger partial charge in [-0.3, -0.25) is 0 Å². The fraction of sp³-hybridized carbons (Fsp3) is 0.362. The molecule has 0 heterocycles. The molecule has 6 aromatic rings. The van der Waals surface area contributed by atoms with Gasteiger partial charge in [-0.05, 0) is 119 Å². The Morgan fingerprint density at radius 3 is 1.03 bits per heavy atom. The quantitative estimate of drug-likeness (QED) is 0.0557. The van der Waals surface area contributed by atoms with E-state index in [2.05, 4.69) is 132 Å². The third-order valence-electron chi connectivity index (χ3n) is 12.8. The third kappa shape index (κ3) is 10.8. The summed E-state index contributed by atoms with van der Waals surface area (Å²) in [4.78, 5) is 14.3. The van der Waals surface area contributed by atoms with Crippen LogP contribution in [-0.4, -0.2) is 16.2 Å². The number of carbonyl (C=O) groups excluding carboxylic acids is 1. The van der Waals surface area contributed by atoms with Gasteiger partial charge in [0.2, 0.25) is 0 Å². The number of aromatic hydroxyl groups is 2. The van der Waals surface area contributed by atoms with Crippen molar-refractivity contribution in [2.24, 2.45) is 0 Å². The van der Waals surface area contributed by atoms with Crippen LogP contribution in [0.25, 0.3) is 0 Å². The molecule has 9 nitrogen and oxygen atoms in total. The lowest BCUT2D eigenvalue weighted by Gasteiger charge is -2.28. The van der Waals surface area contributed by atoms with Crippen LogP contribution < -0.4 is 32.4 Å². The van der Waals surface area contributed by atoms with E-state index in [4.69, 9.17) is 32.4 Å². The highest BCUT2D eigenvalue weighted by Gasteiger charge is 2.29. The maximum Gasteiger partial charge on any atom is 0.343 e. The molecule has 0 atom stereocenters. The Morgan fingerprint density at radius 1 is 0.433 bits per heavy atom. The Hall–Kier alpha value is -6.61. The lowest BCUT2D eigenvalue weighted by molar-refractivity contribution is 0.0731. The van der Waals surface area contributed by atoms with E-state index in [9.17, 15) is 15.0 Å². The molecule has 67 heavy (non-hydrogen) atoms. The third-order valence-corrected chi connectivity index (χ3v) is 12.8. The van der Waals surface area contributed by atoms with E-state index in [1.165, 1.54) is 0 Å². The first-order valence-electron chi connectivity index (χ1n) is 23.2. The molecule has 0 amide bonds. The topological polar surface area (TPSA) is 180 Å². The van der Waals surface area contributed by atoms with E-state index in [0.29, 0.717) is 69.3 Å². The lowest BCUT2D eigenvalue weighted by Crippen LogP contribution is -2.18. The summed E-state index contributed by atoms with van der Waals surface area (Å²) in [7, 11) is 0. The summed E-state index contributed by atoms with van der Waals surface area (Å²) in [5.74, 6) is 0.704. The molecular formula is C58H70N4O5. The summed E-state index contributed by atoms with van der Waals surface area (Å²) in [6.45, 7) is 26.2. The lowest BCUT2D eigenvalue weighted by atomic mass is 9.79. The van der Waals surface area contributed by atoms with E-state index >= 15 is 0 Å². The fourth-order valence-corrected chi connectivity index (χ4v) is 8.89. The van der Waals surface area contributed by atoms with E-state index in [0.717, 1.165) is 50.1 Å². The molecule has 0 fully saturated rings. The van der Waals surface area contributed by atoms with E-state index in [1.807, 2.05) is 12.1 Å². The number of carbonyl (C=O) groups is 1. The average Bonchev–Trinajstić information content (AvgIpc) is 3.18. The molecule has 0 saturated carbocycles. The number of esters is 1. The summed E-state index contributed by atoms with van der Waals surface area (Å²) < 4.78 is 13.5. The van der Waals surface area contributed by atoms with Crippen molar-refractivity contribution >= 4 is 28.7 Å². The monoisotopic (exact) mass is 903 g/mol. The molecule has 8 bridgehead atoms. The summed E-state index contributed by atoms with van der Waals surface area (Å²) in [6, 6.07) is 27.0. The standard InChI is InChI=1S/C58H70N4O5/c1-55(2,3)42-19-33-15-37-23-44(57(7,8)9)24-38(52(37)66-31-32-13-46(59)29-47(60)14-32)16-34-20-43(56(4,5)6)22-36(51(34)64)18-40-26-45(58(10,11)12)25-39(17-35(21-42)50(33)63)53(40)67-54(65)41-27-48(61)30-49(62)28-41/h13-14,19-30,63-64H,15-18,31,59-62H2,1-12H3. The van der Waals surface area contributed by atoms with Crippen LogP contribution in [0.4, 0.5) is 22.7 Å². The molecule has 9 heteroatoms. The number of hydrogen-bond donors (Lipinski definition) is 6. The SMILES string of the molecule is CC(C)(C)c1cc2c(O)c(c1)Cc1cc(C(C)(C)C)cc(c1OC(=O)c1cc(N)cc(N)c1)Cc1cc(C(C)(C)C)cc(c1O)Cc1cc(C(C)(C)C)cc(c1OCc1cc(N)cc(N)c1)C2. The number of hydrogen-bond acceptors (Lipinski definition) is 9. The summed E-state index contributed by atoms with van der Waals surface area (Å²) in [5, 5.41) is 25.3. The van der Waals surface area contributed by atoms with Gasteiger partial charge < -0.3 is 42.6 Å². The number of phenolic OH excluding ortho intramolecular Hbond substituents is 2. The minimum Gasteiger partial charge on any atom is -0.507 e. The van der Waals surface area contributed by atoms with Crippen LogP contribution in [0.3, 0.4) is 0 Å². The zero-order valence-electron chi connectivity index (χ0n) is 41.5. The van der Waals surface area contributed by atoms with Gasteiger partial charge in [-0.1, -0.05) is 132 Å². The maximum atomic E-state index is 14.3. The minimum atomic E-state index is -0.623. The molecule has 0 aliphatic heterocycles. The highest BCUT2D eigenvalue weighted by molar-refractivity contribution is 5.93. The summed E-state index contributed by atoms with van der Waals surface area (Å²) in [6.07, 6.45) is 1.13. The molecule has 1 aliphatic carbocycles. The predicted octanol–water partition coefficient (Wildman–Crippen LogP) is 12.1. The van der Waals surface area contributed by atoms with Crippen molar-refractivity contribution in [2.45, 2.75) is 137 Å². The number of anilines is 4. The van der Waals surface area contributed by atoms with Gasteiger partial charge >= 0.3 is 5.97 Å². The first-order valence-corrected chi connectivity index (χ1v) is 23.2. The number of rotatable bonds is 5. The Morgan fingerprint density at radius 2 is 0.716 bits per heavy atom. The van der Waals surface area contributed by atoms with Gasteiger partial charge in [-0.25, -0.2) is 4.79 Å². The average molecular weight is 903 g/mol. The largest absolute Gasteiger partial charge is 0.507 e. The highest BCUT2D eigenvalue weighted by atomic mass is 16.5. The van der Waals surface area contributed by atoms with Gasteiger partial charge in [0, 0.05) is 59.6 Å². The Bertz CT molecular complexity index is 2740. The van der Waals surface area contributed by atoms with Gasteiger partial charge in [0.25, 0.3) is 0 Å². The maximum absolute atomic E-state index is 14.3. The molecule has 0 aromatic heterocycles. The van der Waals surface area contributed by atoms with Crippen molar-refractivity contribution in [3.63, 3.8) is 0 Å². The van der Waals surface area contributed by atoms with Gasteiger partial charge in [0.15, 0.2) is 0 Å². The van der Waals surface area contributed by atoms with Crippen LogP contribution in [0.5, 0.6) is 23.0 Å². The molecular weight excluding hydrogens is 833 g/mol. The van der Waals surface area contributed by atoms with E-state index in [-0.39, 0.29) is 58.2 Å². The number of benzene rings is 6. The number of nitrogen functional groups attached to an aromatic ring is 4. The van der Waals surface area contributed by atoms with Gasteiger partial charge in [0.05, 0.1) is 5.56 Å². The van der Waals surface area contributed by atoms with Crippen LogP contribution in [0, 0.1) is 0 Å². The first-order chi connectivity index (χ1) is 31.0. The molecule has 6 aromatic carbocycles. The van der Waals surface area contributed by atoms with Gasteiger partial charge in [-0.15, -0.1) is 0 Å². The van der Waals surface area contributed by atoms with Crippen molar-refractivity contribution < 1.29 is 24.5 Å².